The van der Waals surface area contributed by atoms with Gasteiger partial charge in [-0.3, -0.25) is 9.59 Å². The van der Waals surface area contributed by atoms with Crippen molar-refractivity contribution in [3.05, 3.63) is 95.6 Å². The van der Waals surface area contributed by atoms with Crippen molar-refractivity contribution < 1.29 is 32.6 Å². The minimum Gasteiger partial charge on any atom is -0.454 e. The number of halogens is 2. The third kappa shape index (κ3) is 6.46. The van der Waals surface area contributed by atoms with Crippen LogP contribution < -0.4 is 10.1 Å². The normalized spacial score (nSPS) is 10.5. The molecule has 6 nitrogen and oxygen atoms in total. The molecule has 1 amide bonds. The van der Waals surface area contributed by atoms with E-state index in [4.69, 9.17) is 4.74 Å². The van der Waals surface area contributed by atoms with Crippen LogP contribution in [0.15, 0.2) is 78.9 Å². The molecule has 0 radical (unpaired) electrons. The summed E-state index contributed by atoms with van der Waals surface area (Å²) in [5.74, 6) is -1.70. The second-order valence-corrected chi connectivity index (χ2v) is 6.66. The highest BCUT2D eigenvalue weighted by molar-refractivity contribution is 6.03. The van der Waals surface area contributed by atoms with Crippen LogP contribution in [0.25, 0.3) is 0 Å². The van der Waals surface area contributed by atoms with Crippen LogP contribution in [0.2, 0.25) is 0 Å². The molecule has 1 N–H and O–H groups in total. The number of nitrogens with one attached hydrogen (secondary N) is 1. The molecule has 0 bridgehead atoms. The molecule has 0 spiro atoms. The number of alkyl halides is 2. The van der Waals surface area contributed by atoms with E-state index in [1.807, 2.05) is 30.3 Å². The molecule has 0 aliphatic carbocycles. The quantitative estimate of drug-likeness (QED) is 0.392. The average Bonchev–Trinajstić information content (AvgIpc) is 2.78. The van der Waals surface area contributed by atoms with Gasteiger partial charge < -0.3 is 14.8 Å². The van der Waals surface area contributed by atoms with Gasteiger partial charge in [-0.15, -0.1) is 0 Å². The van der Waals surface area contributed by atoms with E-state index < -0.39 is 25.0 Å². The summed E-state index contributed by atoms with van der Waals surface area (Å²) in [4.78, 5) is 37.1. The Hall–Kier alpha value is -4.07. The van der Waals surface area contributed by atoms with E-state index >= 15 is 0 Å². The molecule has 0 unspecified atom stereocenters. The predicted molar refractivity (Wildman–Crippen MR) is 113 cm³/mol. The summed E-state index contributed by atoms with van der Waals surface area (Å²) in [5.41, 5.74) is 1.35. The molecule has 0 saturated carbocycles. The minimum absolute atomic E-state index is 0.0892. The molecule has 0 aromatic heterocycles. The van der Waals surface area contributed by atoms with Crippen LogP contribution in [0.1, 0.15) is 26.3 Å². The van der Waals surface area contributed by atoms with E-state index in [2.05, 4.69) is 10.1 Å². The molecule has 32 heavy (non-hydrogen) atoms. The van der Waals surface area contributed by atoms with Gasteiger partial charge in [-0.2, -0.15) is 8.78 Å². The lowest BCUT2D eigenvalue weighted by Gasteiger charge is -2.11. The molecule has 164 valence electrons. The maximum Gasteiger partial charge on any atom is 0.387 e. The fraction of sp³-hybridized carbons (Fsp3) is 0.125. The molecule has 0 aliphatic rings. The summed E-state index contributed by atoms with van der Waals surface area (Å²) in [6, 6.07) is 20.5. The second kappa shape index (κ2) is 10.8. The van der Waals surface area contributed by atoms with E-state index in [0.29, 0.717) is 0 Å². The van der Waals surface area contributed by atoms with Gasteiger partial charge in [0.1, 0.15) is 5.75 Å². The Kier molecular flexibility index (Phi) is 7.64. The van der Waals surface area contributed by atoms with Crippen LogP contribution in [-0.2, 0) is 16.0 Å². The number of esters is 1. The molecule has 0 fully saturated rings. The Morgan fingerprint density at radius 2 is 1.50 bits per heavy atom. The number of benzene rings is 3. The van der Waals surface area contributed by atoms with Crippen molar-refractivity contribution in [1.82, 2.24) is 0 Å². The maximum absolute atomic E-state index is 12.5. The van der Waals surface area contributed by atoms with Crippen molar-refractivity contribution in [2.75, 3.05) is 11.9 Å². The molecule has 0 aliphatic heterocycles. The molecular weight excluding hydrogens is 420 g/mol. The number of amides is 1. The number of para-hydroxylation sites is 1. The summed E-state index contributed by atoms with van der Waals surface area (Å²) < 4.78 is 33.7. The zero-order chi connectivity index (χ0) is 22.9. The minimum atomic E-state index is -2.97. The first-order chi connectivity index (χ1) is 15.4. The van der Waals surface area contributed by atoms with Crippen LogP contribution in [0.5, 0.6) is 5.75 Å². The van der Waals surface area contributed by atoms with Gasteiger partial charge in [0.05, 0.1) is 17.7 Å². The first-order valence-corrected chi connectivity index (χ1v) is 9.60. The number of Topliss-reactive ketones (excluding diaryl/α,β-unsaturated/α-hetero) is 1. The molecule has 0 saturated heterocycles. The largest absolute Gasteiger partial charge is 0.454 e. The molecule has 0 heterocycles. The van der Waals surface area contributed by atoms with Crippen LogP contribution in [-0.4, -0.2) is 30.9 Å². The summed E-state index contributed by atoms with van der Waals surface area (Å²) >= 11 is 0. The monoisotopic (exact) mass is 439 g/mol. The molecule has 8 heteroatoms. The van der Waals surface area contributed by atoms with Crippen LogP contribution >= 0.6 is 0 Å². The Labute approximate surface area is 182 Å². The lowest BCUT2D eigenvalue weighted by Crippen LogP contribution is -2.19. The number of rotatable bonds is 9. The molecule has 3 aromatic rings. The van der Waals surface area contributed by atoms with E-state index in [1.165, 1.54) is 30.3 Å². The van der Waals surface area contributed by atoms with Gasteiger partial charge in [0.15, 0.2) is 12.4 Å². The maximum atomic E-state index is 12.5. The zero-order valence-corrected chi connectivity index (χ0v) is 16.8. The lowest BCUT2D eigenvalue weighted by molar-refractivity contribution is -0.115. The van der Waals surface area contributed by atoms with Crippen LogP contribution in [0, 0.1) is 0 Å². The number of ketones is 1. The molecule has 3 rings (SSSR count). The van der Waals surface area contributed by atoms with Gasteiger partial charge in [0.2, 0.25) is 5.91 Å². The number of hydrogen-bond donors (Lipinski definition) is 1. The lowest BCUT2D eigenvalue weighted by atomic mass is 10.1. The van der Waals surface area contributed by atoms with Gasteiger partial charge in [0, 0.05) is 5.56 Å². The van der Waals surface area contributed by atoms with Gasteiger partial charge in [0.25, 0.3) is 0 Å². The number of carbonyl (C=O) groups excluding carboxylic acids is 3. The van der Waals surface area contributed by atoms with Gasteiger partial charge in [-0.1, -0.05) is 42.5 Å². The number of carbonyl (C=O) groups is 3. The van der Waals surface area contributed by atoms with Crippen molar-refractivity contribution in [2.45, 2.75) is 13.0 Å². The predicted octanol–water partition coefficient (Wildman–Crippen LogP) is 4.51. The van der Waals surface area contributed by atoms with Crippen molar-refractivity contribution >= 4 is 23.3 Å². The topological polar surface area (TPSA) is 81.7 Å². The Morgan fingerprint density at radius 3 is 2.19 bits per heavy atom. The number of hydrogen-bond acceptors (Lipinski definition) is 5. The summed E-state index contributed by atoms with van der Waals surface area (Å²) in [7, 11) is 0. The van der Waals surface area contributed by atoms with E-state index in [0.717, 1.165) is 5.56 Å². The number of ether oxygens (including phenoxy) is 2. The van der Waals surface area contributed by atoms with E-state index in [9.17, 15) is 23.2 Å². The first kappa shape index (κ1) is 22.6. The van der Waals surface area contributed by atoms with Crippen molar-refractivity contribution in [3.63, 3.8) is 0 Å². The molecular formula is C24H19F2NO5. The van der Waals surface area contributed by atoms with Gasteiger partial charge in [-0.05, 0) is 42.0 Å². The molecule has 3 aromatic carbocycles. The van der Waals surface area contributed by atoms with Crippen LogP contribution in [0.4, 0.5) is 14.5 Å². The summed E-state index contributed by atoms with van der Waals surface area (Å²) in [5, 5.41) is 2.68. The fourth-order valence-electron chi connectivity index (χ4n) is 2.86. The summed E-state index contributed by atoms with van der Waals surface area (Å²) in [6.45, 7) is -3.52. The highest BCUT2D eigenvalue weighted by atomic mass is 19.3. The third-order valence-corrected chi connectivity index (χ3v) is 4.36. The standard InChI is InChI=1S/C24H19F2NO5/c25-24(26)32-18-12-10-17(11-13-18)21(28)15-31-23(30)19-8-4-5-9-20(19)27-22(29)14-16-6-2-1-3-7-16/h1-13,24H,14-15H2,(H,27,29). The van der Waals surface area contributed by atoms with Crippen molar-refractivity contribution in [1.29, 1.82) is 0 Å². The van der Waals surface area contributed by atoms with Crippen molar-refractivity contribution in [2.24, 2.45) is 0 Å². The first-order valence-electron chi connectivity index (χ1n) is 9.60. The third-order valence-electron chi connectivity index (χ3n) is 4.36. The highest BCUT2D eigenvalue weighted by Gasteiger charge is 2.17. The fourth-order valence-corrected chi connectivity index (χ4v) is 2.86. The van der Waals surface area contributed by atoms with Gasteiger partial charge >= 0.3 is 12.6 Å². The Morgan fingerprint density at radius 1 is 0.844 bits per heavy atom. The van der Waals surface area contributed by atoms with Crippen molar-refractivity contribution in [3.8, 4) is 5.75 Å². The average molecular weight is 439 g/mol. The zero-order valence-electron chi connectivity index (χ0n) is 16.8. The molecule has 0 atom stereocenters. The number of anilines is 1. The van der Waals surface area contributed by atoms with E-state index in [-0.39, 0.29) is 34.9 Å². The van der Waals surface area contributed by atoms with Crippen LogP contribution in [0.3, 0.4) is 0 Å². The van der Waals surface area contributed by atoms with E-state index in [1.54, 1.807) is 18.2 Å². The highest BCUT2D eigenvalue weighted by Crippen LogP contribution is 2.18. The summed E-state index contributed by atoms with van der Waals surface area (Å²) in [6.07, 6.45) is 0.133. The van der Waals surface area contributed by atoms with Gasteiger partial charge in [-0.25, -0.2) is 4.79 Å². The Bertz CT molecular complexity index is 1090. The Balaban J connectivity index is 1.59. The SMILES string of the molecule is O=C(Cc1ccccc1)Nc1ccccc1C(=O)OCC(=O)c1ccc(OC(F)F)cc1. The second-order valence-electron chi connectivity index (χ2n) is 6.66. The smallest absolute Gasteiger partial charge is 0.387 e.